The van der Waals surface area contributed by atoms with Crippen LogP contribution in [0, 0.1) is 6.92 Å². The van der Waals surface area contributed by atoms with Gasteiger partial charge in [0.15, 0.2) is 11.6 Å². The molecule has 1 aliphatic carbocycles. The van der Waals surface area contributed by atoms with Crippen molar-refractivity contribution in [3.63, 3.8) is 0 Å². The number of carbonyl (C=O) groups is 2. The lowest BCUT2D eigenvalue weighted by molar-refractivity contribution is 0.0964. The molecule has 1 N–H and O–H groups in total. The van der Waals surface area contributed by atoms with Gasteiger partial charge in [-0.1, -0.05) is 18.3 Å². The average molecular weight is 346 g/mol. The van der Waals surface area contributed by atoms with Gasteiger partial charge in [-0.3, -0.25) is 19.0 Å². The van der Waals surface area contributed by atoms with Crippen molar-refractivity contribution in [3.05, 3.63) is 42.8 Å². The molecule has 0 amide bonds. The minimum absolute atomic E-state index is 0.0373. The molecule has 6 heteroatoms. The van der Waals surface area contributed by atoms with Crippen LogP contribution < -0.4 is 4.87 Å². The third-order valence-electron chi connectivity index (χ3n) is 4.72. The smallest absolute Gasteiger partial charge is 0.307 e. The van der Waals surface area contributed by atoms with Crippen LogP contribution >= 0.6 is 11.3 Å². The topological polar surface area (TPSA) is 71.9 Å². The Kier molecular flexibility index (Phi) is 4.58. The van der Waals surface area contributed by atoms with Gasteiger partial charge in [0.2, 0.25) is 0 Å². The van der Waals surface area contributed by atoms with Crippen LogP contribution in [0.25, 0.3) is 0 Å². The van der Waals surface area contributed by atoms with Gasteiger partial charge in [-0.2, -0.15) is 0 Å². The Bertz CT molecular complexity index is 870. The molecule has 1 aliphatic rings. The Hall–Kier alpha value is -1.95. The molecule has 2 heterocycles. The summed E-state index contributed by atoms with van der Waals surface area (Å²) in [5.74, 6) is -0.166. The summed E-state index contributed by atoms with van der Waals surface area (Å²) in [6, 6.07) is 0. The van der Waals surface area contributed by atoms with E-state index in [-0.39, 0.29) is 23.0 Å². The Morgan fingerprint density at radius 1 is 1.25 bits per heavy atom. The molecule has 0 aromatic carbocycles. The van der Waals surface area contributed by atoms with Crippen molar-refractivity contribution in [1.82, 2.24) is 9.55 Å². The van der Waals surface area contributed by atoms with Crippen molar-refractivity contribution in [1.29, 1.82) is 0 Å². The van der Waals surface area contributed by atoms with Crippen LogP contribution in [-0.4, -0.2) is 21.1 Å². The third kappa shape index (κ3) is 2.79. The highest BCUT2D eigenvalue weighted by atomic mass is 32.1. The van der Waals surface area contributed by atoms with Crippen LogP contribution in [0.5, 0.6) is 0 Å². The van der Waals surface area contributed by atoms with Crippen molar-refractivity contribution < 1.29 is 9.59 Å². The fourth-order valence-electron chi connectivity index (χ4n) is 3.66. The molecule has 0 bridgehead atoms. The third-order valence-corrected chi connectivity index (χ3v) is 5.80. The van der Waals surface area contributed by atoms with Crippen LogP contribution in [0.1, 0.15) is 69.4 Å². The molecule has 0 radical (unpaired) electrons. The predicted octanol–water partition coefficient (Wildman–Crippen LogP) is 3.07. The number of ketones is 2. The fourth-order valence-corrected chi connectivity index (χ4v) is 4.73. The number of aryl methyl sites for hydroxylation is 2. The van der Waals surface area contributed by atoms with Gasteiger partial charge in [0.05, 0.1) is 12.2 Å². The van der Waals surface area contributed by atoms with Crippen LogP contribution in [0.15, 0.2) is 4.79 Å². The summed E-state index contributed by atoms with van der Waals surface area (Å²) in [4.78, 5) is 41.1. The van der Waals surface area contributed by atoms with Crippen molar-refractivity contribution in [2.24, 2.45) is 0 Å². The van der Waals surface area contributed by atoms with Gasteiger partial charge >= 0.3 is 4.87 Å². The van der Waals surface area contributed by atoms with Crippen molar-refractivity contribution in [3.8, 4) is 0 Å². The van der Waals surface area contributed by atoms with Gasteiger partial charge in [0.25, 0.3) is 0 Å². The highest BCUT2D eigenvalue weighted by Crippen LogP contribution is 2.25. The quantitative estimate of drug-likeness (QED) is 0.846. The Balaban J connectivity index is 1.97. The van der Waals surface area contributed by atoms with Gasteiger partial charge in [-0.15, -0.1) is 0 Å². The van der Waals surface area contributed by atoms with Gasteiger partial charge < -0.3 is 4.98 Å². The van der Waals surface area contributed by atoms with E-state index in [1.54, 1.807) is 4.57 Å². The summed E-state index contributed by atoms with van der Waals surface area (Å²) in [6.45, 7) is 5.31. The molecule has 0 fully saturated rings. The monoisotopic (exact) mass is 346 g/mol. The summed E-state index contributed by atoms with van der Waals surface area (Å²) < 4.78 is 1.63. The van der Waals surface area contributed by atoms with E-state index in [1.807, 2.05) is 13.8 Å². The van der Waals surface area contributed by atoms with Crippen LogP contribution in [0.3, 0.4) is 0 Å². The maximum Gasteiger partial charge on any atom is 0.307 e. The molecule has 24 heavy (non-hydrogen) atoms. The molecule has 0 spiro atoms. The lowest BCUT2D eigenvalue weighted by Crippen LogP contribution is -2.23. The van der Waals surface area contributed by atoms with Gasteiger partial charge in [0, 0.05) is 21.8 Å². The largest absolute Gasteiger partial charge is 0.355 e. The first kappa shape index (κ1) is 16.9. The van der Waals surface area contributed by atoms with Crippen LogP contribution in [0.2, 0.25) is 0 Å². The number of aromatic amines is 1. The molecule has 2 aromatic heterocycles. The summed E-state index contributed by atoms with van der Waals surface area (Å²) in [7, 11) is 0. The molecule has 0 saturated carbocycles. The molecule has 5 nitrogen and oxygen atoms in total. The molecule has 0 unspecified atom stereocenters. The number of hydrogen-bond acceptors (Lipinski definition) is 4. The number of nitrogens with one attached hydrogen (secondary N) is 1. The lowest BCUT2D eigenvalue weighted by atomic mass is 10.0. The zero-order chi connectivity index (χ0) is 17.4. The second-order valence-corrected chi connectivity index (χ2v) is 7.39. The lowest BCUT2D eigenvalue weighted by Gasteiger charge is -2.13. The van der Waals surface area contributed by atoms with E-state index in [0.717, 1.165) is 47.5 Å². The maximum atomic E-state index is 12.8. The Morgan fingerprint density at radius 3 is 2.62 bits per heavy atom. The molecule has 128 valence electrons. The summed E-state index contributed by atoms with van der Waals surface area (Å²) >= 11 is 1.27. The number of Topliss-reactive ketones (excluding diaryl/α,β-unsaturated/α-hetero) is 2. The standard InChI is InChI=1S/C18H22N2O3S/c1-4-12-16(11(3)21)10(2)19-17(12)14(22)9-20-13-7-5-6-8-15(13)24-18(20)23/h19H,4-9H2,1-3H3. The van der Waals surface area contributed by atoms with E-state index in [0.29, 0.717) is 17.7 Å². The number of nitrogens with zero attached hydrogens (tertiary/aromatic N) is 1. The SMILES string of the molecule is CCc1c(C(=O)Cn2c3c(sc2=O)CCCC3)[nH]c(C)c1C(C)=O. The molecule has 0 atom stereocenters. The van der Waals surface area contributed by atoms with Crippen molar-refractivity contribution in [2.75, 3.05) is 0 Å². The van der Waals surface area contributed by atoms with Crippen LogP contribution in [-0.2, 0) is 25.8 Å². The van der Waals surface area contributed by atoms with Crippen molar-refractivity contribution in [2.45, 2.75) is 59.4 Å². The summed E-state index contributed by atoms with van der Waals surface area (Å²) in [5, 5.41) is 0. The van der Waals surface area contributed by atoms with E-state index in [1.165, 1.54) is 18.3 Å². The van der Waals surface area contributed by atoms with E-state index >= 15 is 0 Å². The van der Waals surface area contributed by atoms with E-state index in [4.69, 9.17) is 0 Å². The number of H-pyrrole nitrogens is 1. The molecule has 2 aromatic rings. The number of carbonyl (C=O) groups excluding carboxylic acids is 2. The minimum Gasteiger partial charge on any atom is -0.355 e. The number of fused-ring (bicyclic) bond motifs is 1. The van der Waals surface area contributed by atoms with Crippen LogP contribution in [0.4, 0.5) is 0 Å². The van der Waals surface area contributed by atoms with E-state index in [9.17, 15) is 14.4 Å². The summed E-state index contributed by atoms with van der Waals surface area (Å²) in [6.07, 6.45) is 4.58. The number of thiazole rings is 1. The molecule has 3 rings (SSSR count). The molecular weight excluding hydrogens is 324 g/mol. The highest BCUT2D eigenvalue weighted by molar-refractivity contribution is 7.09. The molecular formula is C18H22N2O3S. The number of aromatic nitrogens is 2. The van der Waals surface area contributed by atoms with E-state index in [2.05, 4.69) is 4.98 Å². The average Bonchev–Trinajstić information content (AvgIpc) is 3.04. The molecule has 0 saturated heterocycles. The number of hydrogen-bond donors (Lipinski definition) is 1. The molecule has 0 aliphatic heterocycles. The highest BCUT2D eigenvalue weighted by Gasteiger charge is 2.24. The van der Waals surface area contributed by atoms with Crippen molar-refractivity contribution >= 4 is 22.9 Å². The first-order chi connectivity index (χ1) is 11.4. The summed E-state index contributed by atoms with van der Waals surface area (Å²) in [5.41, 5.74) is 3.60. The Morgan fingerprint density at radius 2 is 1.96 bits per heavy atom. The first-order valence-corrected chi connectivity index (χ1v) is 9.22. The second-order valence-electron chi connectivity index (χ2n) is 6.34. The van der Waals surface area contributed by atoms with Gasteiger partial charge in [-0.25, -0.2) is 0 Å². The number of rotatable bonds is 5. The maximum absolute atomic E-state index is 12.8. The van der Waals surface area contributed by atoms with Gasteiger partial charge in [-0.05, 0) is 51.5 Å². The normalized spacial score (nSPS) is 13.8. The minimum atomic E-state index is -0.129. The fraction of sp³-hybridized carbons (Fsp3) is 0.500. The zero-order valence-electron chi connectivity index (χ0n) is 14.3. The van der Waals surface area contributed by atoms with E-state index < -0.39 is 0 Å². The predicted molar refractivity (Wildman–Crippen MR) is 94.5 cm³/mol. The first-order valence-electron chi connectivity index (χ1n) is 8.41. The zero-order valence-corrected chi connectivity index (χ0v) is 15.1. The second kappa shape index (κ2) is 6.51. The Labute approximate surface area is 144 Å². The van der Waals surface area contributed by atoms with Gasteiger partial charge in [0.1, 0.15) is 0 Å².